The van der Waals surface area contributed by atoms with Crippen LogP contribution in [0.4, 0.5) is 5.69 Å². The molecule has 6 heteroatoms. The third-order valence-corrected chi connectivity index (χ3v) is 1.71. The van der Waals surface area contributed by atoms with Gasteiger partial charge in [0.05, 0.1) is 11.9 Å². The van der Waals surface area contributed by atoms with Gasteiger partial charge in [0.2, 0.25) is 5.76 Å². The highest BCUT2D eigenvalue weighted by Crippen LogP contribution is 2.28. The molecule has 15 heavy (non-hydrogen) atoms. The SMILES string of the molecule is Cl.Cl.NC(=O)C1=CNc2ccccc2O1. The minimum absolute atomic E-state index is 0. The summed E-state index contributed by atoms with van der Waals surface area (Å²) in [6.07, 6.45) is 1.45. The van der Waals surface area contributed by atoms with E-state index in [1.54, 1.807) is 6.07 Å². The molecule has 1 aromatic carbocycles. The molecular weight excluding hydrogens is 239 g/mol. The number of nitrogens with one attached hydrogen (secondary N) is 1. The quantitative estimate of drug-likeness (QED) is 0.795. The van der Waals surface area contributed by atoms with Gasteiger partial charge < -0.3 is 15.8 Å². The normalized spacial score (nSPS) is 11.6. The molecule has 0 aliphatic carbocycles. The molecular formula is C9H10Cl2N2O2. The third-order valence-electron chi connectivity index (χ3n) is 1.71. The number of carbonyl (C=O) groups excluding carboxylic acids is 1. The summed E-state index contributed by atoms with van der Waals surface area (Å²) in [4.78, 5) is 10.8. The van der Waals surface area contributed by atoms with Crippen LogP contribution in [0.15, 0.2) is 36.2 Å². The Kier molecular flexibility index (Phi) is 4.97. The molecule has 0 radical (unpaired) electrons. The predicted molar refractivity (Wildman–Crippen MR) is 62.5 cm³/mol. The maximum absolute atomic E-state index is 10.8. The topological polar surface area (TPSA) is 64.4 Å². The van der Waals surface area contributed by atoms with Crippen LogP contribution in [0.3, 0.4) is 0 Å². The molecule has 1 aromatic rings. The highest BCUT2D eigenvalue weighted by Gasteiger charge is 2.14. The van der Waals surface area contributed by atoms with E-state index in [9.17, 15) is 4.79 Å². The predicted octanol–water partition coefficient (Wildman–Crippen LogP) is 1.66. The zero-order valence-electron chi connectivity index (χ0n) is 7.60. The zero-order chi connectivity index (χ0) is 9.26. The minimum Gasteiger partial charge on any atom is -0.448 e. The van der Waals surface area contributed by atoms with Crippen LogP contribution < -0.4 is 15.8 Å². The van der Waals surface area contributed by atoms with Crippen molar-refractivity contribution in [1.82, 2.24) is 0 Å². The summed E-state index contributed by atoms with van der Waals surface area (Å²) in [7, 11) is 0. The molecule has 4 nitrogen and oxygen atoms in total. The summed E-state index contributed by atoms with van der Waals surface area (Å²) in [5.41, 5.74) is 5.88. The fraction of sp³-hybridized carbons (Fsp3) is 0. The van der Waals surface area contributed by atoms with Gasteiger partial charge in [0.15, 0.2) is 5.75 Å². The molecule has 82 valence electrons. The molecule has 0 saturated carbocycles. The lowest BCUT2D eigenvalue weighted by atomic mass is 10.2. The van der Waals surface area contributed by atoms with Gasteiger partial charge in [-0.25, -0.2) is 0 Å². The number of amides is 1. The van der Waals surface area contributed by atoms with Crippen molar-refractivity contribution in [2.75, 3.05) is 5.32 Å². The van der Waals surface area contributed by atoms with Gasteiger partial charge in [-0.2, -0.15) is 0 Å². The van der Waals surface area contributed by atoms with E-state index in [1.165, 1.54) is 6.20 Å². The van der Waals surface area contributed by atoms with E-state index < -0.39 is 5.91 Å². The molecule has 0 bridgehead atoms. The van der Waals surface area contributed by atoms with Crippen LogP contribution >= 0.6 is 24.8 Å². The van der Waals surface area contributed by atoms with Crippen LogP contribution in [-0.2, 0) is 4.79 Å². The van der Waals surface area contributed by atoms with E-state index in [2.05, 4.69) is 5.32 Å². The lowest BCUT2D eigenvalue weighted by molar-refractivity contribution is -0.116. The standard InChI is InChI=1S/C9H8N2O2.2ClH/c10-9(12)8-5-11-6-3-1-2-4-7(6)13-8;;/h1-5,11H,(H2,10,12);2*1H. The Labute approximate surface area is 99.3 Å². The largest absolute Gasteiger partial charge is 0.448 e. The molecule has 0 unspecified atom stereocenters. The van der Waals surface area contributed by atoms with E-state index in [1.807, 2.05) is 18.2 Å². The number of hydrogen-bond acceptors (Lipinski definition) is 3. The molecule has 0 saturated heterocycles. The van der Waals surface area contributed by atoms with Crippen molar-refractivity contribution in [3.63, 3.8) is 0 Å². The van der Waals surface area contributed by atoms with Crippen molar-refractivity contribution in [3.8, 4) is 5.75 Å². The molecule has 0 spiro atoms. The minimum atomic E-state index is -0.581. The summed E-state index contributed by atoms with van der Waals surface area (Å²) in [5.74, 6) is 0.152. The molecule has 3 N–H and O–H groups in total. The molecule has 0 fully saturated rings. The van der Waals surface area contributed by atoms with E-state index in [4.69, 9.17) is 10.5 Å². The summed E-state index contributed by atoms with van der Waals surface area (Å²) < 4.78 is 5.22. The third kappa shape index (κ3) is 2.78. The first-order valence-electron chi connectivity index (χ1n) is 3.81. The van der Waals surface area contributed by atoms with E-state index >= 15 is 0 Å². The Balaban J connectivity index is 0.000000980. The number of ether oxygens (including phenoxy) is 1. The second-order valence-electron chi connectivity index (χ2n) is 2.62. The number of rotatable bonds is 1. The number of primary amides is 1. The molecule has 2 rings (SSSR count). The van der Waals surface area contributed by atoms with Crippen molar-refractivity contribution in [3.05, 3.63) is 36.2 Å². The number of anilines is 1. The summed E-state index contributed by atoms with van der Waals surface area (Å²) >= 11 is 0. The van der Waals surface area contributed by atoms with Crippen molar-refractivity contribution in [2.24, 2.45) is 5.73 Å². The number of fused-ring (bicyclic) bond motifs is 1. The number of carbonyl (C=O) groups is 1. The second-order valence-corrected chi connectivity index (χ2v) is 2.62. The fourth-order valence-corrected chi connectivity index (χ4v) is 1.09. The number of hydrogen-bond donors (Lipinski definition) is 2. The van der Waals surface area contributed by atoms with Gasteiger partial charge in [0.1, 0.15) is 0 Å². The maximum atomic E-state index is 10.8. The van der Waals surface area contributed by atoms with Crippen LogP contribution in [0.2, 0.25) is 0 Å². The Morgan fingerprint density at radius 3 is 2.60 bits per heavy atom. The van der Waals surface area contributed by atoms with Crippen LogP contribution in [0, 0.1) is 0 Å². The highest BCUT2D eigenvalue weighted by molar-refractivity contribution is 5.91. The second kappa shape index (κ2) is 5.48. The van der Waals surface area contributed by atoms with Gasteiger partial charge in [0.25, 0.3) is 5.91 Å². The summed E-state index contributed by atoms with van der Waals surface area (Å²) in [5, 5.41) is 2.91. The number of nitrogens with two attached hydrogens (primary N) is 1. The fourth-order valence-electron chi connectivity index (χ4n) is 1.09. The molecule has 1 heterocycles. The summed E-state index contributed by atoms with van der Waals surface area (Å²) in [6, 6.07) is 7.31. The van der Waals surface area contributed by atoms with Gasteiger partial charge in [-0.05, 0) is 12.1 Å². The van der Waals surface area contributed by atoms with Crippen LogP contribution in [0.1, 0.15) is 0 Å². The first kappa shape index (κ1) is 13.6. The van der Waals surface area contributed by atoms with E-state index in [0.29, 0.717) is 5.75 Å². The lowest BCUT2D eigenvalue weighted by Gasteiger charge is -2.16. The van der Waals surface area contributed by atoms with Gasteiger partial charge in [0, 0.05) is 0 Å². The van der Waals surface area contributed by atoms with Crippen molar-refractivity contribution in [1.29, 1.82) is 0 Å². The van der Waals surface area contributed by atoms with Crippen LogP contribution in [0.25, 0.3) is 0 Å². The Hall–Kier alpha value is -1.39. The van der Waals surface area contributed by atoms with Crippen molar-refractivity contribution in [2.45, 2.75) is 0 Å². The molecule has 1 amide bonds. The van der Waals surface area contributed by atoms with Crippen LogP contribution in [0.5, 0.6) is 5.75 Å². The lowest BCUT2D eigenvalue weighted by Crippen LogP contribution is -2.21. The van der Waals surface area contributed by atoms with Gasteiger partial charge >= 0.3 is 0 Å². The highest BCUT2D eigenvalue weighted by atomic mass is 35.5. The summed E-state index contributed by atoms with van der Waals surface area (Å²) in [6.45, 7) is 0. The number of para-hydroxylation sites is 2. The Morgan fingerprint density at radius 1 is 1.27 bits per heavy atom. The number of benzene rings is 1. The van der Waals surface area contributed by atoms with E-state index in [-0.39, 0.29) is 30.6 Å². The van der Waals surface area contributed by atoms with Gasteiger partial charge in [-0.15, -0.1) is 24.8 Å². The average molecular weight is 249 g/mol. The van der Waals surface area contributed by atoms with Crippen molar-refractivity contribution >= 4 is 36.4 Å². The zero-order valence-corrected chi connectivity index (χ0v) is 9.23. The van der Waals surface area contributed by atoms with Crippen molar-refractivity contribution < 1.29 is 9.53 Å². The molecule has 1 aliphatic rings. The first-order valence-corrected chi connectivity index (χ1v) is 3.81. The van der Waals surface area contributed by atoms with Gasteiger partial charge in [-0.3, -0.25) is 4.79 Å². The average Bonchev–Trinajstić information content (AvgIpc) is 2.17. The van der Waals surface area contributed by atoms with Gasteiger partial charge in [-0.1, -0.05) is 12.1 Å². The Morgan fingerprint density at radius 2 is 1.93 bits per heavy atom. The molecule has 0 aromatic heterocycles. The molecule has 1 aliphatic heterocycles. The molecule has 0 atom stereocenters. The monoisotopic (exact) mass is 248 g/mol. The van der Waals surface area contributed by atoms with E-state index in [0.717, 1.165) is 5.69 Å². The van der Waals surface area contributed by atoms with Crippen LogP contribution in [-0.4, -0.2) is 5.91 Å². The maximum Gasteiger partial charge on any atom is 0.285 e. The first-order chi connectivity index (χ1) is 6.27. The Bertz CT molecular complexity index is 393. The number of halogens is 2. The smallest absolute Gasteiger partial charge is 0.285 e.